The Morgan fingerprint density at radius 3 is 2.25 bits per heavy atom. The molecule has 0 radical (unpaired) electrons. The zero-order valence-corrected chi connectivity index (χ0v) is 21.8. The highest BCUT2D eigenvalue weighted by Crippen LogP contribution is 2.30. The van der Waals surface area contributed by atoms with Crippen molar-refractivity contribution in [2.45, 2.75) is 78.3 Å². The Labute approximate surface area is 211 Å². The topological polar surface area (TPSA) is 109 Å². The largest absolute Gasteiger partial charge is 0.352 e. The minimum atomic E-state index is -1.13. The highest BCUT2D eigenvalue weighted by Gasteiger charge is 2.43. The van der Waals surface area contributed by atoms with Crippen LogP contribution >= 0.6 is 0 Å². The number of amides is 3. The number of nitrogens with zero attached hydrogens (tertiary/aromatic N) is 1. The molecule has 36 heavy (non-hydrogen) atoms. The fourth-order valence-electron chi connectivity index (χ4n) is 4.90. The molecule has 1 aliphatic rings. The van der Waals surface area contributed by atoms with E-state index < -0.39 is 23.1 Å². The molecule has 0 unspecified atom stereocenters. The number of hydrogen-bond acceptors (Lipinski definition) is 4. The lowest BCUT2D eigenvalue weighted by Crippen LogP contribution is -2.61. The first-order valence-corrected chi connectivity index (χ1v) is 12.3. The summed E-state index contributed by atoms with van der Waals surface area (Å²) in [6, 6.07) is 4.14. The Kier molecular flexibility index (Phi) is 8.01. The fourth-order valence-corrected chi connectivity index (χ4v) is 4.90. The Hall–Kier alpha value is -3.49. The number of nitrogens with one attached hydrogen (secondary N) is 3. The lowest BCUT2D eigenvalue weighted by Gasteiger charge is -2.37. The van der Waals surface area contributed by atoms with Crippen molar-refractivity contribution in [3.05, 3.63) is 52.1 Å². The van der Waals surface area contributed by atoms with Gasteiger partial charge in [0.1, 0.15) is 11.4 Å². The molecule has 1 fully saturated rings. The number of hydrogen-bond donors (Lipinski definition) is 3. The molecule has 9 heteroatoms. The first-order valence-electron chi connectivity index (χ1n) is 12.3. The van der Waals surface area contributed by atoms with Crippen LogP contribution in [0.1, 0.15) is 83.6 Å². The number of carbonyl (C=O) groups is 4. The van der Waals surface area contributed by atoms with Crippen LogP contribution in [-0.2, 0) is 16.6 Å². The van der Waals surface area contributed by atoms with Gasteiger partial charge < -0.3 is 20.5 Å². The number of ketones is 1. The van der Waals surface area contributed by atoms with Crippen molar-refractivity contribution in [3.8, 4) is 0 Å². The number of carbonyl (C=O) groups excluding carboxylic acids is 4. The Bertz CT molecular complexity index is 1210. The smallest absolute Gasteiger partial charge is 0.294 e. The molecule has 8 nitrogen and oxygen atoms in total. The molecule has 1 aromatic carbocycles. The van der Waals surface area contributed by atoms with E-state index in [1.165, 1.54) is 22.8 Å². The summed E-state index contributed by atoms with van der Waals surface area (Å²) >= 11 is 0. The van der Waals surface area contributed by atoms with Crippen LogP contribution in [0.2, 0.25) is 0 Å². The van der Waals surface area contributed by atoms with E-state index in [2.05, 4.69) is 16.0 Å². The maximum atomic E-state index is 13.6. The molecule has 3 N–H and O–H groups in total. The number of rotatable bonds is 7. The second kappa shape index (κ2) is 10.6. The van der Waals surface area contributed by atoms with Gasteiger partial charge in [-0.15, -0.1) is 0 Å². The van der Waals surface area contributed by atoms with Gasteiger partial charge in [0.25, 0.3) is 17.6 Å². The summed E-state index contributed by atoms with van der Waals surface area (Å²) in [7, 11) is 1.61. The molecular weight excluding hydrogens is 463 g/mol. The van der Waals surface area contributed by atoms with Gasteiger partial charge >= 0.3 is 0 Å². The van der Waals surface area contributed by atoms with Crippen LogP contribution in [-0.4, -0.2) is 39.7 Å². The number of halogens is 1. The van der Waals surface area contributed by atoms with Crippen LogP contribution < -0.4 is 16.0 Å². The van der Waals surface area contributed by atoms with Crippen molar-refractivity contribution in [2.75, 3.05) is 5.32 Å². The molecule has 0 spiro atoms. The lowest BCUT2D eigenvalue weighted by atomic mass is 9.80. The number of anilines is 1. The van der Waals surface area contributed by atoms with E-state index >= 15 is 0 Å². The summed E-state index contributed by atoms with van der Waals surface area (Å²) in [6.07, 6.45) is 3.43. The molecule has 0 saturated heterocycles. The van der Waals surface area contributed by atoms with Crippen molar-refractivity contribution < 1.29 is 23.6 Å². The van der Waals surface area contributed by atoms with Crippen LogP contribution in [0.4, 0.5) is 10.1 Å². The Balaban J connectivity index is 1.88. The predicted molar refractivity (Wildman–Crippen MR) is 136 cm³/mol. The molecule has 3 rings (SSSR count). The highest BCUT2D eigenvalue weighted by atomic mass is 19.1. The molecule has 1 heterocycles. The second-order valence-electron chi connectivity index (χ2n) is 9.97. The van der Waals surface area contributed by atoms with Gasteiger partial charge in [-0.1, -0.05) is 19.3 Å². The molecule has 194 valence electrons. The predicted octanol–water partition coefficient (Wildman–Crippen LogP) is 3.87. The van der Waals surface area contributed by atoms with E-state index in [0.29, 0.717) is 35.3 Å². The lowest BCUT2D eigenvalue weighted by molar-refractivity contribution is -0.133. The normalized spacial score (nSPS) is 14.9. The van der Waals surface area contributed by atoms with Crippen molar-refractivity contribution in [1.82, 2.24) is 15.2 Å². The van der Waals surface area contributed by atoms with Crippen molar-refractivity contribution in [2.24, 2.45) is 7.05 Å². The third-order valence-electron chi connectivity index (χ3n) is 6.91. The van der Waals surface area contributed by atoms with Crippen molar-refractivity contribution in [3.63, 3.8) is 0 Å². The van der Waals surface area contributed by atoms with Crippen molar-refractivity contribution in [1.29, 1.82) is 0 Å². The molecular formula is C27H35FN4O4. The summed E-state index contributed by atoms with van der Waals surface area (Å²) in [5.41, 5.74) is 0.883. The quantitative estimate of drug-likeness (QED) is 0.398. The van der Waals surface area contributed by atoms with Crippen LogP contribution in [0.25, 0.3) is 0 Å². The highest BCUT2D eigenvalue weighted by molar-refractivity contribution is 6.43. The fraction of sp³-hybridized carbons (Fsp3) is 0.481. The summed E-state index contributed by atoms with van der Waals surface area (Å²) in [4.78, 5) is 52.6. The summed E-state index contributed by atoms with van der Waals surface area (Å²) < 4.78 is 15.1. The molecule has 1 saturated carbocycles. The monoisotopic (exact) mass is 498 g/mol. The van der Waals surface area contributed by atoms with Gasteiger partial charge in [-0.2, -0.15) is 0 Å². The van der Waals surface area contributed by atoms with Gasteiger partial charge in [0.05, 0.1) is 11.3 Å². The standard InChI is InChI=1S/C27H35FN4O4/c1-15(2)29-26(36)27(12-8-7-9-13-27)31-25(35)23(33)22-17(4)21(18(5)32(22)6)24(34)30-19-10-11-20(28)16(3)14-19/h10-11,14-15H,7-9,12-13H2,1-6H3,(H,29,36)(H,30,34)(H,31,35). The van der Waals surface area contributed by atoms with Gasteiger partial charge in [-0.05, 0) is 76.8 Å². The molecule has 0 bridgehead atoms. The first kappa shape index (κ1) is 27.1. The SMILES string of the molecule is Cc1cc(NC(=O)c2c(C)c(C(=O)C(=O)NC3(C(=O)NC(C)C)CCCCC3)n(C)c2C)ccc1F. The summed E-state index contributed by atoms with van der Waals surface area (Å²) in [6.45, 7) is 8.58. The van der Waals surface area contributed by atoms with E-state index in [-0.39, 0.29) is 29.0 Å². The van der Waals surface area contributed by atoms with Crippen LogP contribution in [0.5, 0.6) is 0 Å². The third-order valence-corrected chi connectivity index (χ3v) is 6.91. The molecule has 1 aromatic heterocycles. The number of aromatic nitrogens is 1. The minimum Gasteiger partial charge on any atom is -0.352 e. The minimum absolute atomic E-state index is 0.0839. The van der Waals surface area contributed by atoms with E-state index in [1.807, 2.05) is 13.8 Å². The van der Waals surface area contributed by atoms with Gasteiger partial charge in [-0.25, -0.2) is 4.39 Å². The number of Topliss-reactive ketones (excluding diaryl/α,β-unsaturated/α-hetero) is 1. The Morgan fingerprint density at radius 1 is 1.03 bits per heavy atom. The molecule has 1 aliphatic carbocycles. The van der Waals surface area contributed by atoms with Gasteiger partial charge in [0.15, 0.2) is 0 Å². The van der Waals surface area contributed by atoms with Crippen LogP contribution in [0, 0.1) is 26.6 Å². The average molecular weight is 499 g/mol. The number of benzene rings is 1. The zero-order chi connectivity index (χ0) is 26.8. The van der Waals surface area contributed by atoms with E-state index in [1.54, 1.807) is 27.8 Å². The second-order valence-corrected chi connectivity index (χ2v) is 9.97. The number of aryl methyl sites for hydroxylation is 1. The van der Waals surface area contributed by atoms with Gasteiger partial charge in [-0.3, -0.25) is 19.2 Å². The van der Waals surface area contributed by atoms with E-state index in [0.717, 1.165) is 19.3 Å². The Morgan fingerprint density at radius 2 is 1.67 bits per heavy atom. The summed E-state index contributed by atoms with van der Waals surface area (Å²) in [5, 5.41) is 8.36. The first-order chi connectivity index (χ1) is 16.9. The molecule has 3 amide bonds. The summed E-state index contributed by atoms with van der Waals surface area (Å²) in [5.74, 6) is -2.81. The van der Waals surface area contributed by atoms with E-state index in [4.69, 9.17) is 0 Å². The van der Waals surface area contributed by atoms with Crippen LogP contribution in [0.3, 0.4) is 0 Å². The average Bonchev–Trinajstić information content (AvgIpc) is 3.03. The molecule has 0 aliphatic heterocycles. The zero-order valence-electron chi connectivity index (χ0n) is 21.8. The molecule has 2 aromatic rings. The van der Waals surface area contributed by atoms with Crippen LogP contribution in [0.15, 0.2) is 18.2 Å². The van der Waals surface area contributed by atoms with Gasteiger partial charge in [0.2, 0.25) is 5.91 Å². The maximum absolute atomic E-state index is 13.6. The maximum Gasteiger partial charge on any atom is 0.294 e. The molecule has 0 atom stereocenters. The van der Waals surface area contributed by atoms with Crippen molar-refractivity contribution >= 4 is 29.2 Å². The van der Waals surface area contributed by atoms with Gasteiger partial charge in [0, 0.05) is 24.5 Å². The van der Waals surface area contributed by atoms with E-state index in [9.17, 15) is 23.6 Å². The third kappa shape index (κ3) is 5.34.